The highest BCUT2D eigenvalue weighted by molar-refractivity contribution is 5.14. The van der Waals surface area contributed by atoms with E-state index in [1.807, 2.05) is 6.08 Å². The molecule has 0 radical (unpaired) electrons. The smallest absolute Gasteiger partial charge is 0.0133 e. The van der Waals surface area contributed by atoms with E-state index >= 15 is 0 Å². The van der Waals surface area contributed by atoms with Crippen LogP contribution in [-0.2, 0) is 0 Å². The van der Waals surface area contributed by atoms with Gasteiger partial charge in [0, 0.05) is 0 Å². The Bertz CT molecular complexity index is 186. The highest BCUT2D eigenvalue weighted by atomic mass is 14.2. The lowest BCUT2D eigenvalue weighted by Crippen LogP contribution is -2.11. The van der Waals surface area contributed by atoms with Crippen LogP contribution < -0.4 is 0 Å². The second-order valence-corrected chi connectivity index (χ2v) is 3.41. The summed E-state index contributed by atoms with van der Waals surface area (Å²) in [7, 11) is 0. The minimum atomic E-state index is 0.701. The molecule has 1 rings (SSSR count). The lowest BCUT2D eigenvalue weighted by Gasteiger charge is -2.22. The van der Waals surface area contributed by atoms with E-state index in [4.69, 9.17) is 0 Å². The van der Waals surface area contributed by atoms with Gasteiger partial charge in [-0.2, -0.15) is 0 Å². The lowest BCUT2D eigenvalue weighted by atomic mass is 9.83. The van der Waals surface area contributed by atoms with Crippen molar-refractivity contribution in [3.63, 3.8) is 0 Å². The van der Waals surface area contributed by atoms with Crippen LogP contribution in [0.15, 0.2) is 37.0 Å². The summed E-state index contributed by atoms with van der Waals surface area (Å²) in [5, 5.41) is 0. The first-order valence-electron chi connectivity index (χ1n) is 4.84. The van der Waals surface area contributed by atoms with Gasteiger partial charge in [-0.25, -0.2) is 0 Å². The molecular formula is C12H18. The summed E-state index contributed by atoms with van der Waals surface area (Å²) in [5.74, 6) is 1.45. The fourth-order valence-electron chi connectivity index (χ4n) is 1.79. The minimum Gasteiger partial charge on any atom is -0.103 e. The minimum absolute atomic E-state index is 0.701. The average Bonchev–Trinajstić information content (AvgIpc) is 2.09. The molecule has 0 nitrogen and oxygen atoms in total. The summed E-state index contributed by atoms with van der Waals surface area (Å²) in [5.41, 5.74) is 0. The van der Waals surface area contributed by atoms with E-state index in [9.17, 15) is 0 Å². The van der Waals surface area contributed by atoms with Crippen LogP contribution in [0.3, 0.4) is 0 Å². The molecule has 66 valence electrons. The van der Waals surface area contributed by atoms with Crippen molar-refractivity contribution in [2.75, 3.05) is 0 Å². The summed E-state index contributed by atoms with van der Waals surface area (Å²) in [6.07, 6.45) is 14.7. The third kappa shape index (κ3) is 2.37. The number of allylic oxidation sites excluding steroid dienone is 5. The van der Waals surface area contributed by atoms with E-state index in [2.05, 4.69) is 37.8 Å². The second kappa shape index (κ2) is 4.97. The van der Waals surface area contributed by atoms with Crippen molar-refractivity contribution in [1.29, 1.82) is 0 Å². The highest BCUT2D eigenvalue weighted by Crippen LogP contribution is 2.26. The van der Waals surface area contributed by atoms with Gasteiger partial charge in [-0.15, -0.1) is 6.58 Å². The van der Waals surface area contributed by atoms with Crippen molar-refractivity contribution < 1.29 is 0 Å². The quantitative estimate of drug-likeness (QED) is 0.553. The fraction of sp³-hybridized carbons (Fsp3) is 0.500. The Kier molecular flexibility index (Phi) is 3.86. The van der Waals surface area contributed by atoms with Gasteiger partial charge in [-0.05, 0) is 24.7 Å². The first-order chi connectivity index (χ1) is 5.88. The number of hydrogen-bond acceptors (Lipinski definition) is 0. The zero-order chi connectivity index (χ0) is 8.81. The Labute approximate surface area is 75.7 Å². The number of rotatable bonds is 4. The first-order valence-corrected chi connectivity index (χ1v) is 4.84. The van der Waals surface area contributed by atoms with Gasteiger partial charge in [0.15, 0.2) is 0 Å². The van der Waals surface area contributed by atoms with Gasteiger partial charge in [0.05, 0.1) is 0 Å². The van der Waals surface area contributed by atoms with E-state index in [1.54, 1.807) is 0 Å². The van der Waals surface area contributed by atoms with E-state index in [0.29, 0.717) is 5.92 Å². The topological polar surface area (TPSA) is 0 Å². The van der Waals surface area contributed by atoms with Crippen LogP contribution in [-0.4, -0.2) is 0 Å². The van der Waals surface area contributed by atoms with Crippen LogP contribution in [0.25, 0.3) is 0 Å². The molecule has 0 saturated heterocycles. The van der Waals surface area contributed by atoms with E-state index in [0.717, 1.165) is 12.3 Å². The molecule has 0 heterocycles. The largest absolute Gasteiger partial charge is 0.103 e. The molecule has 0 aromatic heterocycles. The Morgan fingerprint density at radius 2 is 1.92 bits per heavy atom. The van der Waals surface area contributed by atoms with Gasteiger partial charge >= 0.3 is 0 Å². The van der Waals surface area contributed by atoms with Crippen molar-refractivity contribution in [2.45, 2.75) is 26.2 Å². The summed E-state index contributed by atoms with van der Waals surface area (Å²) < 4.78 is 0. The van der Waals surface area contributed by atoms with Crippen LogP contribution in [0, 0.1) is 11.8 Å². The van der Waals surface area contributed by atoms with Gasteiger partial charge in [0.25, 0.3) is 0 Å². The predicted molar refractivity (Wildman–Crippen MR) is 55.0 cm³/mol. The molecule has 12 heavy (non-hydrogen) atoms. The second-order valence-electron chi connectivity index (χ2n) is 3.41. The van der Waals surface area contributed by atoms with Crippen molar-refractivity contribution in [3.05, 3.63) is 37.0 Å². The zero-order valence-electron chi connectivity index (χ0n) is 7.87. The highest BCUT2D eigenvalue weighted by Gasteiger charge is 2.15. The molecule has 1 aliphatic carbocycles. The van der Waals surface area contributed by atoms with E-state index < -0.39 is 0 Å². The van der Waals surface area contributed by atoms with Crippen molar-refractivity contribution in [1.82, 2.24) is 0 Å². The normalized spacial score (nSPS) is 27.4. The molecule has 2 atom stereocenters. The molecule has 0 saturated carbocycles. The van der Waals surface area contributed by atoms with E-state index in [1.165, 1.54) is 12.8 Å². The molecular weight excluding hydrogens is 144 g/mol. The van der Waals surface area contributed by atoms with Crippen molar-refractivity contribution in [2.24, 2.45) is 11.8 Å². The number of hydrogen-bond donors (Lipinski definition) is 0. The molecule has 0 bridgehead atoms. The van der Waals surface area contributed by atoms with Crippen LogP contribution >= 0.6 is 0 Å². The molecule has 0 aliphatic heterocycles. The zero-order valence-corrected chi connectivity index (χ0v) is 7.87. The predicted octanol–water partition coefficient (Wildman–Crippen LogP) is 3.72. The fourth-order valence-corrected chi connectivity index (χ4v) is 1.79. The Hall–Kier alpha value is -0.780. The van der Waals surface area contributed by atoms with Gasteiger partial charge in [0.1, 0.15) is 0 Å². The lowest BCUT2D eigenvalue weighted by molar-refractivity contribution is 0.440. The van der Waals surface area contributed by atoms with Gasteiger partial charge in [-0.1, -0.05) is 43.7 Å². The third-order valence-electron chi connectivity index (χ3n) is 2.44. The molecule has 0 amide bonds. The van der Waals surface area contributed by atoms with Crippen molar-refractivity contribution in [3.8, 4) is 0 Å². The molecule has 0 fully saturated rings. The first kappa shape index (κ1) is 9.31. The van der Waals surface area contributed by atoms with Gasteiger partial charge < -0.3 is 0 Å². The van der Waals surface area contributed by atoms with Crippen LogP contribution in [0.2, 0.25) is 0 Å². The SMILES string of the molecule is C=CCC1C=CC=C[C@@H]1CCC. The summed E-state index contributed by atoms with van der Waals surface area (Å²) in [4.78, 5) is 0. The molecule has 0 N–H and O–H groups in total. The Morgan fingerprint density at radius 1 is 1.25 bits per heavy atom. The maximum absolute atomic E-state index is 3.79. The average molecular weight is 162 g/mol. The monoisotopic (exact) mass is 162 g/mol. The molecule has 0 heteroatoms. The summed E-state index contributed by atoms with van der Waals surface area (Å²) in [6, 6.07) is 0. The molecule has 0 aromatic rings. The standard InChI is InChI=1S/C12H18/c1-3-7-11-9-5-6-10-12(11)8-4-2/h3,5-6,9-12H,1,4,7-8H2,2H3/t11?,12-/m0/s1. The maximum atomic E-state index is 3.79. The van der Waals surface area contributed by atoms with E-state index in [-0.39, 0.29) is 0 Å². The van der Waals surface area contributed by atoms with Crippen LogP contribution in [0.4, 0.5) is 0 Å². The van der Waals surface area contributed by atoms with Gasteiger partial charge in [-0.3, -0.25) is 0 Å². The van der Waals surface area contributed by atoms with Crippen LogP contribution in [0.5, 0.6) is 0 Å². The maximum Gasteiger partial charge on any atom is -0.0133 e. The summed E-state index contributed by atoms with van der Waals surface area (Å²) >= 11 is 0. The molecule has 0 spiro atoms. The molecule has 0 aromatic carbocycles. The Balaban J connectivity index is 2.51. The molecule has 1 aliphatic rings. The molecule has 1 unspecified atom stereocenters. The summed E-state index contributed by atoms with van der Waals surface area (Å²) in [6.45, 7) is 6.04. The van der Waals surface area contributed by atoms with Gasteiger partial charge in [0.2, 0.25) is 0 Å². The van der Waals surface area contributed by atoms with Crippen LogP contribution in [0.1, 0.15) is 26.2 Å². The third-order valence-corrected chi connectivity index (χ3v) is 2.44. The van der Waals surface area contributed by atoms with Crippen molar-refractivity contribution >= 4 is 0 Å². The Morgan fingerprint density at radius 3 is 2.50 bits per heavy atom.